The van der Waals surface area contributed by atoms with E-state index in [2.05, 4.69) is 9.98 Å². The summed E-state index contributed by atoms with van der Waals surface area (Å²) in [5.41, 5.74) is 6.34. The fraction of sp³-hybridized carbons (Fsp3) is 0.583. The van der Waals surface area contributed by atoms with Crippen LogP contribution >= 0.6 is 0 Å². The Morgan fingerprint density at radius 2 is 2.30 bits per heavy atom. The van der Waals surface area contributed by atoms with Crippen LogP contribution in [0.25, 0.3) is 0 Å². The van der Waals surface area contributed by atoms with Crippen LogP contribution in [-0.2, 0) is 9.53 Å². The Labute approximate surface area is 113 Å². The van der Waals surface area contributed by atoms with Gasteiger partial charge in [0.05, 0.1) is 18.2 Å². The van der Waals surface area contributed by atoms with E-state index in [0.717, 1.165) is 0 Å². The number of aliphatic hydroxyl groups excluding tert-OH is 2. The second kappa shape index (κ2) is 4.72. The molecular weight excluding hydrogens is 269 g/mol. The number of nitrogens with zero attached hydrogens (tertiary/aromatic N) is 2. The second-order valence-electron chi connectivity index (χ2n) is 5.01. The van der Waals surface area contributed by atoms with Crippen LogP contribution < -0.4 is 5.73 Å². The Hall–Kier alpha value is -1.64. The zero-order valence-electron chi connectivity index (χ0n) is 10.4. The summed E-state index contributed by atoms with van der Waals surface area (Å²) in [6.07, 6.45) is -3.64. The standard InChI is InChI=1S/C12H14FN3O4/c13-8-6(3-17)20-11(10(8)18)5-2-15-12(19)4-1-7(14)16-9(4)5/h2,5-6,8,10-11,17-18H,1,3H2,(H2,14,16)/t5?,6-,8-,10-,11+/m1/s1. The monoisotopic (exact) mass is 283 g/mol. The highest BCUT2D eigenvalue weighted by Crippen LogP contribution is 2.37. The molecule has 3 rings (SSSR count). The summed E-state index contributed by atoms with van der Waals surface area (Å²) >= 11 is 0. The smallest absolute Gasteiger partial charge is 0.274 e. The van der Waals surface area contributed by atoms with E-state index in [1.165, 1.54) is 6.21 Å². The third-order valence-corrected chi connectivity index (χ3v) is 3.74. The molecule has 0 saturated carbocycles. The Morgan fingerprint density at radius 3 is 2.95 bits per heavy atom. The van der Waals surface area contributed by atoms with Crippen LogP contribution in [0.5, 0.6) is 0 Å². The maximum atomic E-state index is 13.8. The van der Waals surface area contributed by atoms with E-state index in [9.17, 15) is 14.3 Å². The van der Waals surface area contributed by atoms with Crippen LogP contribution in [0, 0.1) is 5.92 Å². The van der Waals surface area contributed by atoms with Crippen LogP contribution in [0.15, 0.2) is 21.3 Å². The minimum Gasteiger partial charge on any atom is -0.394 e. The molecule has 5 atom stereocenters. The van der Waals surface area contributed by atoms with Gasteiger partial charge >= 0.3 is 0 Å². The fourth-order valence-corrected chi connectivity index (χ4v) is 2.73. The molecule has 3 aliphatic heterocycles. The fourth-order valence-electron chi connectivity index (χ4n) is 2.73. The van der Waals surface area contributed by atoms with Crippen LogP contribution in [0.3, 0.4) is 0 Å². The van der Waals surface area contributed by atoms with Gasteiger partial charge in [0.1, 0.15) is 24.1 Å². The van der Waals surface area contributed by atoms with Gasteiger partial charge in [-0.1, -0.05) is 0 Å². The minimum atomic E-state index is -1.69. The second-order valence-corrected chi connectivity index (χ2v) is 5.01. The highest BCUT2D eigenvalue weighted by molar-refractivity contribution is 6.08. The average Bonchev–Trinajstić information content (AvgIpc) is 2.94. The predicted molar refractivity (Wildman–Crippen MR) is 66.9 cm³/mol. The third kappa shape index (κ3) is 1.88. The number of ether oxygens (including phenoxy) is 1. The van der Waals surface area contributed by atoms with Gasteiger partial charge < -0.3 is 20.7 Å². The number of alkyl halides is 1. The van der Waals surface area contributed by atoms with Crippen LogP contribution in [0.2, 0.25) is 0 Å². The number of hydrogen-bond acceptors (Lipinski definition) is 6. The van der Waals surface area contributed by atoms with Crippen LogP contribution in [-0.4, -0.2) is 59.3 Å². The highest BCUT2D eigenvalue weighted by Gasteiger charge is 2.49. The summed E-state index contributed by atoms with van der Waals surface area (Å²) < 4.78 is 19.1. The van der Waals surface area contributed by atoms with Gasteiger partial charge in [-0.05, 0) is 0 Å². The van der Waals surface area contributed by atoms with E-state index in [1.807, 2.05) is 0 Å². The molecule has 7 nitrogen and oxygen atoms in total. The van der Waals surface area contributed by atoms with Crippen LogP contribution in [0.1, 0.15) is 6.42 Å². The van der Waals surface area contributed by atoms with Crippen molar-refractivity contribution in [1.82, 2.24) is 0 Å². The normalized spacial score (nSPS) is 40.2. The predicted octanol–water partition coefficient (Wildman–Crippen LogP) is -1.31. The van der Waals surface area contributed by atoms with Crippen molar-refractivity contribution in [3.05, 3.63) is 11.3 Å². The number of rotatable bonds is 2. The largest absolute Gasteiger partial charge is 0.394 e. The van der Waals surface area contributed by atoms with Crippen molar-refractivity contribution in [3.63, 3.8) is 0 Å². The molecule has 4 N–H and O–H groups in total. The van der Waals surface area contributed by atoms with E-state index in [1.54, 1.807) is 0 Å². The highest BCUT2D eigenvalue weighted by atomic mass is 19.1. The van der Waals surface area contributed by atoms with E-state index >= 15 is 0 Å². The third-order valence-electron chi connectivity index (χ3n) is 3.74. The maximum Gasteiger partial charge on any atom is 0.274 e. The molecule has 3 aliphatic rings. The van der Waals surface area contributed by atoms with Gasteiger partial charge in [-0.2, -0.15) is 0 Å². The zero-order chi connectivity index (χ0) is 14.4. The lowest BCUT2D eigenvalue weighted by atomic mass is 9.90. The molecular formula is C12H14FN3O4. The van der Waals surface area contributed by atoms with E-state index < -0.39 is 42.9 Å². The van der Waals surface area contributed by atoms with Crippen molar-refractivity contribution < 1.29 is 24.1 Å². The molecule has 8 heteroatoms. The molecule has 1 unspecified atom stereocenters. The van der Waals surface area contributed by atoms with Gasteiger partial charge in [-0.3, -0.25) is 4.79 Å². The number of carbonyl (C=O) groups excluding carboxylic acids is 1. The molecule has 3 heterocycles. The molecule has 0 aromatic carbocycles. The van der Waals surface area contributed by atoms with Crippen molar-refractivity contribution >= 4 is 18.0 Å². The molecule has 108 valence electrons. The first-order valence-electron chi connectivity index (χ1n) is 6.26. The van der Waals surface area contributed by atoms with Crippen molar-refractivity contribution in [2.75, 3.05) is 6.61 Å². The Morgan fingerprint density at radius 1 is 1.55 bits per heavy atom. The van der Waals surface area contributed by atoms with Gasteiger partial charge in [-0.15, -0.1) is 0 Å². The number of aliphatic hydroxyl groups is 2. The number of dihydropyridines is 1. The lowest BCUT2D eigenvalue weighted by Crippen LogP contribution is -2.37. The summed E-state index contributed by atoms with van der Waals surface area (Å²) in [6, 6.07) is 0. The lowest BCUT2D eigenvalue weighted by Gasteiger charge is -2.24. The van der Waals surface area contributed by atoms with E-state index in [-0.39, 0.29) is 12.3 Å². The van der Waals surface area contributed by atoms with Gasteiger partial charge in [0, 0.05) is 18.2 Å². The summed E-state index contributed by atoms with van der Waals surface area (Å²) in [5, 5.41) is 18.9. The molecule has 0 radical (unpaired) electrons. The van der Waals surface area contributed by atoms with Crippen molar-refractivity contribution in [3.8, 4) is 0 Å². The molecule has 1 amide bonds. The van der Waals surface area contributed by atoms with Gasteiger partial charge in [0.25, 0.3) is 5.91 Å². The number of nitrogens with two attached hydrogens (primary N) is 1. The first-order chi connectivity index (χ1) is 9.52. The molecule has 0 aliphatic carbocycles. The Balaban J connectivity index is 1.91. The summed E-state index contributed by atoms with van der Waals surface area (Å²) in [4.78, 5) is 19.4. The van der Waals surface area contributed by atoms with Crippen molar-refractivity contribution in [2.45, 2.75) is 30.9 Å². The van der Waals surface area contributed by atoms with Gasteiger partial charge in [0.15, 0.2) is 6.17 Å². The number of hydrogen-bond donors (Lipinski definition) is 3. The summed E-state index contributed by atoms with van der Waals surface area (Å²) in [5.74, 6) is -0.793. The van der Waals surface area contributed by atoms with E-state index in [0.29, 0.717) is 11.3 Å². The van der Waals surface area contributed by atoms with Crippen molar-refractivity contribution in [2.24, 2.45) is 21.6 Å². The SMILES string of the molecule is NC1=NC2=C(C1)C(=O)N=CC2[C@@H]1O[C@H](CO)[C@@H](F)[C@H]1O. The Kier molecular flexibility index (Phi) is 3.15. The number of amides is 1. The van der Waals surface area contributed by atoms with Crippen molar-refractivity contribution in [1.29, 1.82) is 0 Å². The molecule has 0 aromatic rings. The zero-order valence-corrected chi connectivity index (χ0v) is 10.4. The number of halogens is 1. The maximum absolute atomic E-state index is 13.8. The van der Waals surface area contributed by atoms with E-state index in [4.69, 9.17) is 15.6 Å². The summed E-state index contributed by atoms with van der Waals surface area (Å²) in [6.45, 7) is -0.533. The number of amidine groups is 1. The van der Waals surface area contributed by atoms with Gasteiger partial charge in [-0.25, -0.2) is 14.4 Å². The minimum absolute atomic E-state index is 0.202. The molecule has 1 fully saturated rings. The molecule has 0 bridgehead atoms. The topological polar surface area (TPSA) is 118 Å². The molecule has 0 aromatic heterocycles. The number of aliphatic imine (C=N–C) groups is 2. The molecule has 0 spiro atoms. The van der Waals surface area contributed by atoms with Crippen LogP contribution in [0.4, 0.5) is 4.39 Å². The quantitative estimate of drug-likeness (QED) is 0.581. The first-order valence-corrected chi connectivity index (χ1v) is 6.26. The Bertz CT molecular complexity index is 545. The first kappa shape index (κ1) is 13.3. The van der Waals surface area contributed by atoms with Gasteiger partial charge in [0.2, 0.25) is 0 Å². The molecule has 20 heavy (non-hydrogen) atoms. The molecule has 1 saturated heterocycles. The lowest BCUT2D eigenvalue weighted by molar-refractivity contribution is -0.114. The average molecular weight is 283 g/mol. The summed E-state index contributed by atoms with van der Waals surface area (Å²) in [7, 11) is 0. The number of carbonyl (C=O) groups is 1.